The average molecular weight is 173 g/mol. The van der Waals surface area contributed by atoms with Gasteiger partial charge in [-0.1, -0.05) is 6.58 Å². The number of nitriles is 1. The lowest BCUT2D eigenvalue weighted by Gasteiger charge is -2.14. The molecule has 0 heterocycles. The molecule has 0 atom stereocenters. The highest BCUT2D eigenvalue weighted by Gasteiger charge is 1.98. The summed E-state index contributed by atoms with van der Waals surface area (Å²) in [5, 5.41) is 8.28. The Kier molecular flexibility index (Phi) is 5.91. The van der Waals surface area contributed by atoms with Crippen molar-refractivity contribution in [3.05, 3.63) is 12.2 Å². The summed E-state index contributed by atoms with van der Waals surface area (Å²) in [6.07, 6.45) is 0.562. The van der Waals surface area contributed by atoms with Crippen LogP contribution in [0.1, 0.15) is 6.42 Å². The Morgan fingerprint density at radius 3 is 2.82 bits per heavy atom. The van der Waals surface area contributed by atoms with Crippen molar-refractivity contribution in [1.29, 1.82) is 5.26 Å². The lowest BCUT2D eigenvalue weighted by molar-refractivity contribution is 0.372. The summed E-state index contributed by atoms with van der Waals surface area (Å²) in [6.45, 7) is 5.33. The monoisotopic (exact) mass is 172 g/mol. The van der Waals surface area contributed by atoms with Gasteiger partial charge in [0.05, 0.1) is 6.07 Å². The van der Waals surface area contributed by atoms with Crippen LogP contribution in [0.2, 0.25) is 0 Å². The molecule has 2 nitrogen and oxygen atoms in total. The summed E-state index contributed by atoms with van der Waals surface area (Å²) < 4.78 is 0. The number of nitrogens with zero attached hydrogens (tertiary/aromatic N) is 2. The Morgan fingerprint density at radius 2 is 2.36 bits per heavy atom. The van der Waals surface area contributed by atoms with Crippen LogP contribution in [0.4, 0.5) is 0 Å². The predicted octanol–water partition coefficient (Wildman–Crippen LogP) is 1.63. The Labute approximate surface area is 73.1 Å². The van der Waals surface area contributed by atoms with E-state index >= 15 is 0 Å². The Balaban J connectivity index is 3.45. The van der Waals surface area contributed by atoms with Crippen LogP contribution in [-0.4, -0.2) is 30.9 Å². The van der Waals surface area contributed by atoms with Crippen molar-refractivity contribution in [3.8, 4) is 6.07 Å². The zero-order chi connectivity index (χ0) is 8.69. The van der Waals surface area contributed by atoms with Gasteiger partial charge in [-0.15, -0.1) is 11.6 Å². The fourth-order valence-corrected chi connectivity index (χ4v) is 0.828. The van der Waals surface area contributed by atoms with Gasteiger partial charge in [-0.3, -0.25) is 0 Å². The van der Waals surface area contributed by atoms with E-state index in [4.69, 9.17) is 16.9 Å². The number of alkyl halides is 1. The second-order valence-corrected chi connectivity index (χ2v) is 2.80. The SMILES string of the molecule is C=C(CCl)CN(C)CCC#N. The van der Waals surface area contributed by atoms with Crippen molar-refractivity contribution in [3.63, 3.8) is 0 Å². The minimum absolute atomic E-state index is 0.497. The molecule has 0 saturated heterocycles. The molecule has 0 aliphatic heterocycles. The lowest BCUT2D eigenvalue weighted by Crippen LogP contribution is -2.22. The molecular formula is C8H13ClN2. The molecule has 0 radical (unpaired) electrons. The standard InChI is InChI=1S/C8H13ClN2/c1-8(6-9)7-11(2)5-3-4-10/h1,3,5-7H2,2H3. The van der Waals surface area contributed by atoms with Crippen molar-refractivity contribution in [2.75, 3.05) is 26.0 Å². The van der Waals surface area contributed by atoms with Gasteiger partial charge < -0.3 is 4.90 Å². The number of halogens is 1. The molecule has 0 aromatic rings. The first kappa shape index (κ1) is 10.5. The highest BCUT2D eigenvalue weighted by Crippen LogP contribution is 1.97. The van der Waals surface area contributed by atoms with E-state index in [2.05, 4.69) is 12.6 Å². The van der Waals surface area contributed by atoms with Crippen molar-refractivity contribution >= 4 is 11.6 Å². The maximum Gasteiger partial charge on any atom is 0.0635 e. The van der Waals surface area contributed by atoms with Gasteiger partial charge in [-0.05, 0) is 12.6 Å². The third-order valence-electron chi connectivity index (χ3n) is 1.29. The van der Waals surface area contributed by atoms with Gasteiger partial charge in [0.1, 0.15) is 0 Å². The molecular weight excluding hydrogens is 160 g/mol. The molecule has 0 saturated carbocycles. The molecule has 0 aliphatic carbocycles. The third-order valence-corrected chi connectivity index (χ3v) is 1.67. The molecule has 0 N–H and O–H groups in total. The molecule has 11 heavy (non-hydrogen) atoms. The Bertz CT molecular complexity index is 160. The van der Waals surface area contributed by atoms with Gasteiger partial charge in [-0.2, -0.15) is 5.26 Å². The smallest absolute Gasteiger partial charge is 0.0635 e. The van der Waals surface area contributed by atoms with E-state index in [0.29, 0.717) is 12.3 Å². The number of likely N-dealkylation sites (N-methyl/N-ethyl adjacent to an activating group) is 1. The molecule has 62 valence electrons. The number of hydrogen-bond donors (Lipinski definition) is 0. The zero-order valence-electron chi connectivity index (χ0n) is 6.81. The van der Waals surface area contributed by atoms with Crippen molar-refractivity contribution in [2.24, 2.45) is 0 Å². The van der Waals surface area contributed by atoms with E-state index < -0.39 is 0 Å². The molecule has 0 spiro atoms. The molecule has 0 bridgehead atoms. The van der Waals surface area contributed by atoms with Gasteiger partial charge >= 0.3 is 0 Å². The fourth-order valence-electron chi connectivity index (χ4n) is 0.744. The highest BCUT2D eigenvalue weighted by molar-refractivity contribution is 6.19. The first-order chi connectivity index (χ1) is 5.20. The minimum atomic E-state index is 0.497. The van der Waals surface area contributed by atoms with Crippen LogP contribution in [0.25, 0.3) is 0 Å². The second kappa shape index (κ2) is 6.21. The van der Waals surface area contributed by atoms with Crippen molar-refractivity contribution < 1.29 is 0 Å². The zero-order valence-corrected chi connectivity index (χ0v) is 7.56. The topological polar surface area (TPSA) is 27.0 Å². The third kappa shape index (κ3) is 5.90. The highest BCUT2D eigenvalue weighted by atomic mass is 35.5. The largest absolute Gasteiger partial charge is 0.301 e. The predicted molar refractivity (Wildman–Crippen MR) is 47.6 cm³/mol. The maximum absolute atomic E-state index is 8.28. The lowest BCUT2D eigenvalue weighted by atomic mass is 10.3. The summed E-state index contributed by atoms with van der Waals surface area (Å²) in [4.78, 5) is 2.04. The van der Waals surface area contributed by atoms with Crippen LogP contribution in [0, 0.1) is 11.3 Å². The number of rotatable bonds is 5. The Morgan fingerprint density at radius 1 is 1.73 bits per heavy atom. The average Bonchev–Trinajstić information content (AvgIpc) is 2.00. The molecule has 3 heteroatoms. The molecule has 0 fully saturated rings. The normalized spacial score (nSPS) is 9.64. The molecule has 0 unspecified atom stereocenters. The van der Waals surface area contributed by atoms with Gasteiger partial charge in [-0.25, -0.2) is 0 Å². The summed E-state index contributed by atoms with van der Waals surface area (Å²) in [5.41, 5.74) is 0.993. The van der Waals surface area contributed by atoms with Crippen molar-refractivity contribution in [2.45, 2.75) is 6.42 Å². The van der Waals surface area contributed by atoms with Gasteiger partial charge in [0.15, 0.2) is 0 Å². The van der Waals surface area contributed by atoms with Crippen LogP contribution < -0.4 is 0 Å². The summed E-state index contributed by atoms with van der Waals surface area (Å²) >= 11 is 5.54. The van der Waals surface area contributed by atoms with E-state index in [1.54, 1.807) is 0 Å². The van der Waals surface area contributed by atoms with E-state index in [0.717, 1.165) is 18.7 Å². The van der Waals surface area contributed by atoms with Gasteiger partial charge in [0.25, 0.3) is 0 Å². The second-order valence-electron chi connectivity index (χ2n) is 2.53. The maximum atomic E-state index is 8.28. The summed E-state index contributed by atoms with van der Waals surface area (Å²) in [6, 6.07) is 2.09. The number of hydrogen-bond acceptors (Lipinski definition) is 2. The fraction of sp³-hybridized carbons (Fsp3) is 0.625. The van der Waals surface area contributed by atoms with Gasteiger partial charge in [0.2, 0.25) is 0 Å². The van der Waals surface area contributed by atoms with Crippen LogP contribution in [0.3, 0.4) is 0 Å². The van der Waals surface area contributed by atoms with Crippen LogP contribution in [0.5, 0.6) is 0 Å². The van der Waals surface area contributed by atoms with E-state index in [1.807, 2.05) is 11.9 Å². The molecule has 0 rings (SSSR count). The molecule has 0 aromatic carbocycles. The van der Waals surface area contributed by atoms with Gasteiger partial charge in [0, 0.05) is 25.4 Å². The quantitative estimate of drug-likeness (QED) is 0.466. The first-order valence-electron chi connectivity index (χ1n) is 3.48. The first-order valence-corrected chi connectivity index (χ1v) is 4.02. The summed E-state index contributed by atoms with van der Waals surface area (Å²) in [7, 11) is 1.95. The minimum Gasteiger partial charge on any atom is -0.301 e. The van der Waals surface area contributed by atoms with E-state index in [-0.39, 0.29) is 0 Å². The van der Waals surface area contributed by atoms with E-state index in [1.165, 1.54) is 0 Å². The van der Waals surface area contributed by atoms with Crippen LogP contribution in [-0.2, 0) is 0 Å². The molecule has 0 aromatic heterocycles. The van der Waals surface area contributed by atoms with Crippen molar-refractivity contribution in [1.82, 2.24) is 4.90 Å². The van der Waals surface area contributed by atoms with Crippen LogP contribution >= 0.6 is 11.6 Å². The molecule has 0 amide bonds. The van der Waals surface area contributed by atoms with Crippen LogP contribution in [0.15, 0.2) is 12.2 Å². The Hall–Kier alpha value is -0.520. The van der Waals surface area contributed by atoms with E-state index in [9.17, 15) is 0 Å². The summed E-state index contributed by atoms with van der Waals surface area (Å²) in [5.74, 6) is 0.497. The molecule has 0 aliphatic rings.